The van der Waals surface area contributed by atoms with Gasteiger partial charge >= 0.3 is 0 Å². The normalized spacial score (nSPS) is 17.8. The second-order valence-electron chi connectivity index (χ2n) is 6.61. The van der Waals surface area contributed by atoms with Gasteiger partial charge in [-0.15, -0.1) is 10.2 Å². The average Bonchev–Trinajstić information content (AvgIpc) is 3.15. The molecule has 0 spiro atoms. The number of rotatable bonds is 4. The lowest BCUT2D eigenvalue weighted by Crippen LogP contribution is -2.37. The van der Waals surface area contributed by atoms with Crippen LogP contribution in [0.2, 0.25) is 0 Å². The van der Waals surface area contributed by atoms with Gasteiger partial charge in [-0.1, -0.05) is 32.0 Å². The second-order valence-corrected chi connectivity index (χ2v) is 6.61. The summed E-state index contributed by atoms with van der Waals surface area (Å²) in [5.41, 5.74) is 0.955. The summed E-state index contributed by atoms with van der Waals surface area (Å²) in [6, 6.07) is 10.7. The van der Waals surface area contributed by atoms with E-state index < -0.39 is 0 Å². The largest absolute Gasteiger partial charge is 0.460 e. The van der Waals surface area contributed by atoms with Crippen LogP contribution in [-0.2, 0) is 19.5 Å². The fourth-order valence-electron chi connectivity index (χ4n) is 3.31. The molecule has 5 nitrogen and oxygen atoms in total. The fourth-order valence-corrected chi connectivity index (χ4v) is 3.31. The molecule has 1 aliphatic heterocycles. The summed E-state index contributed by atoms with van der Waals surface area (Å²) in [5.74, 6) is 3.61. The molecule has 0 unspecified atom stereocenters. The topological polar surface area (TPSA) is 55.9 Å². The van der Waals surface area contributed by atoms with Crippen LogP contribution < -0.4 is 5.32 Å². The first-order valence-electron chi connectivity index (χ1n) is 8.33. The van der Waals surface area contributed by atoms with Crippen molar-refractivity contribution in [2.24, 2.45) is 0 Å². The van der Waals surface area contributed by atoms with Gasteiger partial charge < -0.3 is 14.3 Å². The highest BCUT2D eigenvalue weighted by molar-refractivity contribution is 5.77. The van der Waals surface area contributed by atoms with Crippen LogP contribution in [0.15, 0.2) is 34.7 Å². The van der Waals surface area contributed by atoms with Crippen molar-refractivity contribution in [2.45, 2.75) is 51.7 Å². The number of furan rings is 1. The van der Waals surface area contributed by atoms with Gasteiger partial charge in [0.25, 0.3) is 0 Å². The van der Waals surface area contributed by atoms with E-state index in [0.717, 1.165) is 54.3 Å². The third kappa shape index (κ3) is 2.77. The van der Waals surface area contributed by atoms with Crippen LogP contribution in [0.3, 0.4) is 0 Å². The maximum Gasteiger partial charge on any atom is 0.135 e. The molecule has 1 N–H and O–H groups in total. The molecule has 3 heterocycles. The highest BCUT2D eigenvalue weighted by Crippen LogP contribution is 2.22. The Bertz CT molecular complexity index is 784. The molecule has 120 valence electrons. The zero-order chi connectivity index (χ0) is 15.8. The highest BCUT2D eigenvalue weighted by Gasteiger charge is 2.23. The third-order valence-electron chi connectivity index (χ3n) is 4.53. The minimum Gasteiger partial charge on any atom is -0.460 e. The molecular formula is C18H22N4O. The molecule has 0 radical (unpaired) electrons. The van der Waals surface area contributed by atoms with Gasteiger partial charge in [0.1, 0.15) is 23.0 Å². The number of aryl methyl sites for hydroxylation is 1. The van der Waals surface area contributed by atoms with E-state index in [1.54, 1.807) is 0 Å². The molecule has 4 rings (SSSR count). The Balaban J connectivity index is 1.44. The van der Waals surface area contributed by atoms with E-state index in [1.165, 1.54) is 0 Å². The van der Waals surface area contributed by atoms with Gasteiger partial charge in [0.15, 0.2) is 0 Å². The monoisotopic (exact) mass is 310 g/mol. The van der Waals surface area contributed by atoms with Crippen LogP contribution in [0.25, 0.3) is 11.0 Å². The smallest absolute Gasteiger partial charge is 0.135 e. The van der Waals surface area contributed by atoms with Crippen molar-refractivity contribution in [2.75, 3.05) is 0 Å². The lowest BCUT2D eigenvalue weighted by atomic mass is 10.1. The van der Waals surface area contributed by atoms with E-state index in [-0.39, 0.29) is 0 Å². The Morgan fingerprint density at radius 2 is 2.17 bits per heavy atom. The van der Waals surface area contributed by atoms with Crippen molar-refractivity contribution in [1.29, 1.82) is 0 Å². The third-order valence-corrected chi connectivity index (χ3v) is 4.53. The molecule has 1 aromatic carbocycles. The number of nitrogens with zero attached hydrogens (tertiary/aromatic N) is 3. The Hall–Kier alpha value is -2.14. The van der Waals surface area contributed by atoms with Gasteiger partial charge in [-0.25, -0.2) is 0 Å². The first-order chi connectivity index (χ1) is 11.2. The van der Waals surface area contributed by atoms with Crippen LogP contribution in [0.1, 0.15) is 43.6 Å². The van der Waals surface area contributed by atoms with Gasteiger partial charge in [-0.05, 0) is 18.6 Å². The number of hydrogen-bond donors (Lipinski definition) is 1. The van der Waals surface area contributed by atoms with Gasteiger partial charge in [-0.3, -0.25) is 0 Å². The molecule has 1 atom stereocenters. The van der Waals surface area contributed by atoms with Gasteiger partial charge in [0.2, 0.25) is 0 Å². The lowest BCUT2D eigenvalue weighted by Gasteiger charge is -2.25. The SMILES string of the molecule is CC(C)c1nnc2n1C[C@@H](NCc1cc3ccccc3o1)CC2. The zero-order valence-corrected chi connectivity index (χ0v) is 13.6. The van der Waals surface area contributed by atoms with Crippen LogP contribution >= 0.6 is 0 Å². The molecule has 23 heavy (non-hydrogen) atoms. The first kappa shape index (κ1) is 14.5. The second kappa shape index (κ2) is 5.81. The highest BCUT2D eigenvalue weighted by atomic mass is 16.3. The maximum absolute atomic E-state index is 5.88. The fraction of sp³-hybridized carbons (Fsp3) is 0.444. The van der Waals surface area contributed by atoms with Crippen molar-refractivity contribution in [1.82, 2.24) is 20.1 Å². The number of fused-ring (bicyclic) bond motifs is 2. The van der Waals surface area contributed by atoms with Gasteiger partial charge in [0, 0.05) is 30.3 Å². The summed E-state index contributed by atoms with van der Waals surface area (Å²) in [6.07, 6.45) is 2.08. The number of aromatic nitrogens is 3. The van der Waals surface area contributed by atoms with Crippen LogP contribution in [0.4, 0.5) is 0 Å². The molecule has 3 aromatic rings. The van der Waals surface area contributed by atoms with E-state index in [2.05, 4.69) is 46.1 Å². The van der Waals surface area contributed by atoms with Crippen molar-refractivity contribution in [3.8, 4) is 0 Å². The molecule has 5 heteroatoms. The molecule has 0 aliphatic carbocycles. The Morgan fingerprint density at radius 1 is 1.30 bits per heavy atom. The molecule has 0 saturated heterocycles. The summed E-state index contributed by atoms with van der Waals surface area (Å²) in [4.78, 5) is 0. The summed E-state index contributed by atoms with van der Waals surface area (Å²) >= 11 is 0. The van der Waals surface area contributed by atoms with E-state index in [0.29, 0.717) is 12.0 Å². The number of nitrogens with one attached hydrogen (secondary N) is 1. The minimum atomic E-state index is 0.408. The van der Waals surface area contributed by atoms with Crippen molar-refractivity contribution >= 4 is 11.0 Å². The van der Waals surface area contributed by atoms with Crippen molar-refractivity contribution in [3.05, 3.63) is 47.7 Å². The lowest BCUT2D eigenvalue weighted by molar-refractivity contribution is 0.358. The molecule has 0 fully saturated rings. The Morgan fingerprint density at radius 3 is 3.00 bits per heavy atom. The maximum atomic E-state index is 5.88. The summed E-state index contributed by atoms with van der Waals surface area (Å²) in [5, 5.41) is 13.5. The summed E-state index contributed by atoms with van der Waals surface area (Å²) in [6.45, 7) is 6.04. The van der Waals surface area contributed by atoms with Crippen LogP contribution in [-0.4, -0.2) is 20.8 Å². The van der Waals surface area contributed by atoms with Crippen molar-refractivity contribution < 1.29 is 4.42 Å². The van der Waals surface area contributed by atoms with E-state index in [4.69, 9.17) is 4.42 Å². The van der Waals surface area contributed by atoms with Crippen LogP contribution in [0, 0.1) is 0 Å². The van der Waals surface area contributed by atoms with E-state index >= 15 is 0 Å². The molecule has 0 bridgehead atoms. The summed E-state index contributed by atoms with van der Waals surface area (Å²) < 4.78 is 8.16. The Kier molecular flexibility index (Phi) is 3.65. The minimum absolute atomic E-state index is 0.408. The zero-order valence-electron chi connectivity index (χ0n) is 13.6. The molecule has 1 aliphatic rings. The first-order valence-corrected chi connectivity index (χ1v) is 8.33. The van der Waals surface area contributed by atoms with Gasteiger partial charge in [-0.2, -0.15) is 0 Å². The summed E-state index contributed by atoms with van der Waals surface area (Å²) in [7, 11) is 0. The van der Waals surface area contributed by atoms with E-state index in [9.17, 15) is 0 Å². The predicted octanol–water partition coefficient (Wildman–Crippen LogP) is 3.25. The average molecular weight is 310 g/mol. The standard InChI is InChI=1S/C18H22N4O/c1-12(2)18-21-20-17-8-7-14(11-22(17)18)19-10-15-9-13-5-3-4-6-16(13)23-15/h3-6,9,12,14,19H,7-8,10-11H2,1-2H3/t14-/m0/s1. The van der Waals surface area contributed by atoms with E-state index in [1.807, 2.05) is 18.2 Å². The number of para-hydroxylation sites is 1. The Labute approximate surface area is 135 Å². The van der Waals surface area contributed by atoms with Crippen LogP contribution in [0.5, 0.6) is 0 Å². The predicted molar refractivity (Wildman–Crippen MR) is 89.3 cm³/mol. The molecule has 2 aromatic heterocycles. The molecular weight excluding hydrogens is 288 g/mol. The molecule has 0 saturated carbocycles. The quantitative estimate of drug-likeness (QED) is 0.803. The van der Waals surface area contributed by atoms with Gasteiger partial charge in [0.05, 0.1) is 6.54 Å². The number of benzene rings is 1. The number of hydrogen-bond acceptors (Lipinski definition) is 4. The van der Waals surface area contributed by atoms with Crippen molar-refractivity contribution in [3.63, 3.8) is 0 Å². The molecule has 0 amide bonds.